The summed E-state index contributed by atoms with van der Waals surface area (Å²) in [5.74, 6) is -3.24. The van der Waals surface area contributed by atoms with Gasteiger partial charge in [-0.05, 0) is 30.5 Å². The number of hydrogen-bond acceptors (Lipinski definition) is 4. The van der Waals surface area contributed by atoms with Crippen molar-refractivity contribution in [1.82, 2.24) is 15.1 Å². The Labute approximate surface area is 159 Å². The van der Waals surface area contributed by atoms with Crippen LogP contribution in [0, 0.1) is 11.6 Å². The maximum Gasteiger partial charge on any atom is 0.407 e. The van der Waals surface area contributed by atoms with Gasteiger partial charge in [0.15, 0.2) is 0 Å². The minimum atomic E-state index is -2.24. The fraction of sp³-hybridized carbons (Fsp3) is 0.500. The van der Waals surface area contributed by atoms with Crippen LogP contribution in [0.3, 0.4) is 0 Å². The van der Waals surface area contributed by atoms with Gasteiger partial charge in [0.05, 0.1) is 0 Å². The van der Waals surface area contributed by atoms with Crippen molar-refractivity contribution in [3.05, 3.63) is 35.4 Å². The summed E-state index contributed by atoms with van der Waals surface area (Å²) in [6.07, 6.45) is -0.263. The number of likely N-dealkylation sites (tertiary alicyclic amines) is 2. The zero-order valence-electron chi connectivity index (χ0n) is 15.0. The third-order valence-corrected chi connectivity index (χ3v) is 5.26. The van der Waals surface area contributed by atoms with E-state index >= 15 is 0 Å². The van der Waals surface area contributed by atoms with Crippen molar-refractivity contribution < 1.29 is 33.4 Å². The summed E-state index contributed by atoms with van der Waals surface area (Å²) in [5, 5.41) is 21.9. The van der Waals surface area contributed by atoms with Crippen LogP contribution in [0.2, 0.25) is 0 Å². The molecule has 152 valence electrons. The first kappa shape index (κ1) is 20.0. The highest BCUT2D eigenvalue weighted by molar-refractivity contribution is 6.09. The lowest BCUT2D eigenvalue weighted by Crippen LogP contribution is -2.55. The number of carbonyl (C=O) groups is 3. The van der Waals surface area contributed by atoms with Crippen LogP contribution in [0.1, 0.15) is 24.8 Å². The molecule has 3 N–H and O–H groups in total. The molecular formula is C18H21F2N3O5. The average molecular weight is 397 g/mol. The summed E-state index contributed by atoms with van der Waals surface area (Å²) >= 11 is 0. The molecule has 8 nitrogen and oxygen atoms in total. The summed E-state index contributed by atoms with van der Waals surface area (Å²) in [7, 11) is 0. The molecule has 1 unspecified atom stereocenters. The summed E-state index contributed by atoms with van der Waals surface area (Å²) in [4.78, 5) is 38.7. The van der Waals surface area contributed by atoms with Crippen LogP contribution in [-0.4, -0.2) is 69.2 Å². The van der Waals surface area contributed by atoms with E-state index < -0.39 is 35.1 Å². The average Bonchev–Trinajstić information content (AvgIpc) is 2.95. The first-order valence-corrected chi connectivity index (χ1v) is 8.95. The molecule has 2 heterocycles. The van der Waals surface area contributed by atoms with E-state index in [9.17, 15) is 28.3 Å². The van der Waals surface area contributed by atoms with Gasteiger partial charge in [0.2, 0.25) is 5.60 Å². The van der Waals surface area contributed by atoms with Gasteiger partial charge in [-0.3, -0.25) is 9.59 Å². The standard InChI is InChI=1S/C18H21F2N3O5/c19-12-7-11(8-13(20)9-12)10-21-15(24)18(28)3-6-23(16(18)25)14-1-4-22(5-2-14)17(26)27/h7-9,14,28H,1-6,10H2,(H,21,24)(H,26,27). The van der Waals surface area contributed by atoms with E-state index in [4.69, 9.17) is 5.11 Å². The second-order valence-electron chi connectivity index (χ2n) is 7.07. The fourth-order valence-corrected chi connectivity index (χ4v) is 3.70. The summed E-state index contributed by atoms with van der Waals surface area (Å²) in [6.45, 7) is 0.494. The Kier molecular flexibility index (Phi) is 5.50. The highest BCUT2D eigenvalue weighted by Gasteiger charge is 2.53. The molecule has 0 bridgehead atoms. The van der Waals surface area contributed by atoms with Gasteiger partial charge in [-0.2, -0.15) is 0 Å². The van der Waals surface area contributed by atoms with Gasteiger partial charge in [0.1, 0.15) is 11.6 Å². The zero-order chi connectivity index (χ0) is 20.5. The van der Waals surface area contributed by atoms with Gasteiger partial charge in [-0.15, -0.1) is 0 Å². The molecule has 2 aliphatic rings. The van der Waals surface area contributed by atoms with Crippen LogP contribution in [0.15, 0.2) is 18.2 Å². The third kappa shape index (κ3) is 3.91. The van der Waals surface area contributed by atoms with Gasteiger partial charge in [0.25, 0.3) is 11.8 Å². The van der Waals surface area contributed by atoms with E-state index in [2.05, 4.69) is 5.32 Å². The normalized spacial score (nSPS) is 23.2. The maximum atomic E-state index is 13.2. The number of nitrogens with zero attached hydrogens (tertiary/aromatic N) is 2. The third-order valence-electron chi connectivity index (χ3n) is 5.26. The van der Waals surface area contributed by atoms with Gasteiger partial charge >= 0.3 is 6.09 Å². The lowest BCUT2D eigenvalue weighted by atomic mass is 10.00. The maximum absolute atomic E-state index is 13.2. The highest BCUT2D eigenvalue weighted by atomic mass is 19.1. The number of aliphatic hydroxyl groups is 1. The van der Waals surface area contributed by atoms with Crippen molar-refractivity contribution in [2.75, 3.05) is 19.6 Å². The highest BCUT2D eigenvalue weighted by Crippen LogP contribution is 2.29. The van der Waals surface area contributed by atoms with Crippen LogP contribution >= 0.6 is 0 Å². The molecule has 28 heavy (non-hydrogen) atoms. The minimum absolute atomic E-state index is 0.103. The van der Waals surface area contributed by atoms with Crippen molar-refractivity contribution >= 4 is 17.9 Å². The van der Waals surface area contributed by atoms with E-state index in [1.165, 1.54) is 9.80 Å². The lowest BCUT2D eigenvalue weighted by Gasteiger charge is -2.35. The van der Waals surface area contributed by atoms with E-state index in [1.54, 1.807) is 0 Å². The quantitative estimate of drug-likeness (QED) is 0.648. The molecule has 1 aromatic carbocycles. The molecule has 0 radical (unpaired) electrons. The van der Waals surface area contributed by atoms with Crippen molar-refractivity contribution in [1.29, 1.82) is 0 Å². The van der Waals surface area contributed by atoms with Gasteiger partial charge in [-0.1, -0.05) is 0 Å². The van der Waals surface area contributed by atoms with Crippen LogP contribution in [0.25, 0.3) is 0 Å². The van der Waals surface area contributed by atoms with Gasteiger partial charge in [-0.25, -0.2) is 13.6 Å². The van der Waals surface area contributed by atoms with E-state index in [0.29, 0.717) is 18.9 Å². The Morgan fingerprint density at radius 3 is 2.32 bits per heavy atom. The molecule has 2 aliphatic heterocycles. The Morgan fingerprint density at radius 2 is 1.75 bits per heavy atom. The number of hydrogen-bond donors (Lipinski definition) is 3. The molecule has 2 saturated heterocycles. The summed E-state index contributed by atoms with van der Waals surface area (Å²) < 4.78 is 26.4. The Hall–Kier alpha value is -2.75. The Morgan fingerprint density at radius 1 is 1.14 bits per heavy atom. The minimum Gasteiger partial charge on any atom is -0.465 e. The monoisotopic (exact) mass is 397 g/mol. The second-order valence-corrected chi connectivity index (χ2v) is 7.07. The van der Waals surface area contributed by atoms with E-state index in [0.717, 1.165) is 12.1 Å². The van der Waals surface area contributed by atoms with Crippen molar-refractivity contribution in [3.63, 3.8) is 0 Å². The van der Waals surface area contributed by atoms with Crippen LogP contribution < -0.4 is 5.32 Å². The molecule has 10 heteroatoms. The molecule has 2 fully saturated rings. The summed E-state index contributed by atoms with van der Waals surface area (Å²) in [6, 6.07) is 2.55. The molecule has 3 amide bonds. The van der Waals surface area contributed by atoms with Crippen LogP contribution in [-0.2, 0) is 16.1 Å². The molecule has 0 spiro atoms. The summed E-state index contributed by atoms with van der Waals surface area (Å²) in [5.41, 5.74) is -2.08. The first-order valence-electron chi connectivity index (χ1n) is 8.95. The van der Waals surface area contributed by atoms with Crippen molar-refractivity contribution in [2.24, 2.45) is 0 Å². The van der Waals surface area contributed by atoms with E-state index in [-0.39, 0.29) is 44.2 Å². The van der Waals surface area contributed by atoms with E-state index in [1.807, 2.05) is 0 Å². The lowest BCUT2D eigenvalue weighted by molar-refractivity contribution is -0.155. The number of carboxylic acid groups (broad SMARTS) is 1. The predicted octanol–water partition coefficient (Wildman–Crippen LogP) is 0.687. The van der Waals surface area contributed by atoms with Crippen LogP contribution in [0.5, 0.6) is 0 Å². The second kappa shape index (κ2) is 7.70. The van der Waals surface area contributed by atoms with Crippen molar-refractivity contribution in [3.8, 4) is 0 Å². The largest absolute Gasteiger partial charge is 0.465 e. The zero-order valence-corrected chi connectivity index (χ0v) is 15.0. The first-order chi connectivity index (χ1) is 13.2. The predicted molar refractivity (Wildman–Crippen MR) is 92.1 cm³/mol. The smallest absolute Gasteiger partial charge is 0.407 e. The Balaban J connectivity index is 1.60. The molecule has 0 aromatic heterocycles. The molecule has 1 atom stereocenters. The topological polar surface area (TPSA) is 110 Å². The molecule has 0 aliphatic carbocycles. The number of nitrogens with one attached hydrogen (secondary N) is 1. The number of amides is 3. The SMILES string of the molecule is O=C(O)N1CCC(N2CCC(O)(C(=O)NCc3cc(F)cc(F)c3)C2=O)CC1. The molecule has 1 aromatic rings. The Bertz CT molecular complexity index is 777. The van der Waals surface area contributed by atoms with Crippen LogP contribution in [0.4, 0.5) is 13.6 Å². The molecular weight excluding hydrogens is 376 g/mol. The number of piperidine rings is 1. The fourth-order valence-electron chi connectivity index (χ4n) is 3.70. The molecule has 0 saturated carbocycles. The number of benzene rings is 1. The van der Waals surface area contributed by atoms with Crippen molar-refractivity contribution in [2.45, 2.75) is 37.5 Å². The van der Waals surface area contributed by atoms with Gasteiger partial charge < -0.3 is 25.3 Å². The molecule has 3 rings (SSSR count). The number of rotatable bonds is 4. The number of halogens is 2. The van der Waals surface area contributed by atoms with Gasteiger partial charge in [0, 0.05) is 44.7 Å². The number of carbonyl (C=O) groups excluding carboxylic acids is 2.